The Kier molecular flexibility index (Phi) is 5.51. The SMILES string of the molecule is O=C([C@H]1CC(=O)N(c2ccc3c(c2)OCO3)C1)N1CCCN(Cc2ccccc2)CC1. The fraction of sp³-hybridized carbons (Fsp3) is 0.417. The maximum atomic E-state index is 13.2. The summed E-state index contributed by atoms with van der Waals surface area (Å²) in [7, 11) is 0. The summed E-state index contributed by atoms with van der Waals surface area (Å²) in [4.78, 5) is 31.9. The highest BCUT2D eigenvalue weighted by atomic mass is 16.7. The number of anilines is 1. The van der Waals surface area contributed by atoms with Crippen molar-refractivity contribution in [1.29, 1.82) is 0 Å². The predicted octanol–water partition coefficient (Wildman–Crippen LogP) is 2.50. The highest BCUT2D eigenvalue weighted by Gasteiger charge is 2.38. The number of hydrogen-bond acceptors (Lipinski definition) is 5. The predicted molar refractivity (Wildman–Crippen MR) is 116 cm³/mol. The van der Waals surface area contributed by atoms with Crippen molar-refractivity contribution in [2.24, 2.45) is 5.92 Å². The number of benzene rings is 2. The summed E-state index contributed by atoms with van der Waals surface area (Å²) >= 11 is 0. The first kappa shape index (κ1) is 19.9. The second kappa shape index (κ2) is 8.59. The van der Waals surface area contributed by atoms with E-state index in [0.29, 0.717) is 24.6 Å². The van der Waals surface area contributed by atoms with Crippen LogP contribution in [0.25, 0.3) is 0 Å². The fourth-order valence-corrected chi connectivity index (χ4v) is 4.62. The van der Waals surface area contributed by atoms with Crippen LogP contribution in [-0.2, 0) is 16.1 Å². The minimum Gasteiger partial charge on any atom is -0.454 e. The first-order chi connectivity index (χ1) is 15.2. The summed E-state index contributed by atoms with van der Waals surface area (Å²) in [6.45, 7) is 4.81. The Bertz CT molecular complexity index is 965. The molecule has 0 unspecified atom stereocenters. The van der Waals surface area contributed by atoms with E-state index in [0.717, 1.165) is 38.3 Å². The van der Waals surface area contributed by atoms with E-state index in [1.807, 2.05) is 29.2 Å². The van der Waals surface area contributed by atoms with Gasteiger partial charge in [0.25, 0.3) is 0 Å². The molecule has 2 aromatic carbocycles. The minimum absolute atomic E-state index is 0.0160. The molecule has 7 nitrogen and oxygen atoms in total. The van der Waals surface area contributed by atoms with E-state index < -0.39 is 0 Å². The van der Waals surface area contributed by atoms with E-state index in [1.165, 1.54) is 5.56 Å². The number of amides is 2. The average Bonchev–Trinajstić information content (AvgIpc) is 3.34. The zero-order valence-electron chi connectivity index (χ0n) is 17.5. The molecule has 2 amide bonds. The summed E-state index contributed by atoms with van der Waals surface area (Å²) in [6.07, 6.45) is 1.21. The quantitative estimate of drug-likeness (QED) is 0.759. The molecule has 0 bridgehead atoms. The Balaban J connectivity index is 1.20. The van der Waals surface area contributed by atoms with Crippen molar-refractivity contribution in [3.05, 3.63) is 54.1 Å². The second-order valence-electron chi connectivity index (χ2n) is 8.38. The molecule has 0 N–H and O–H groups in total. The zero-order chi connectivity index (χ0) is 21.2. The van der Waals surface area contributed by atoms with Gasteiger partial charge in [0, 0.05) is 57.4 Å². The van der Waals surface area contributed by atoms with Crippen LogP contribution in [0.15, 0.2) is 48.5 Å². The lowest BCUT2D eigenvalue weighted by atomic mass is 10.1. The molecule has 31 heavy (non-hydrogen) atoms. The van der Waals surface area contributed by atoms with Crippen molar-refractivity contribution in [2.75, 3.05) is 44.4 Å². The Morgan fingerprint density at radius 2 is 1.81 bits per heavy atom. The monoisotopic (exact) mass is 421 g/mol. The van der Waals surface area contributed by atoms with Gasteiger partial charge in [-0.25, -0.2) is 0 Å². The van der Waals surface area contributed by atoms with E-state index in [1.54, 1.807) is 4.90 Å². The number of hydrogen-bond donors (Lipinski definition) is 0. The van der Waals surface area contributed by atoms with Crippen LogP contribution >= 0.6 is 0 Å². The van der Waals surface area contributed by atoms with Crippen molar-refractivity contribution in [3.63, 3.8) is 0 Å². The van der Waals surface area contributed by atoms with Crippen LogP contribution in [0.5, 0.6) is 11.5 Å². The second-order valence-corrected chi connectivity index (χ2v) is 8.38. The summed E-state index contributed by atoms with van der Waals surface area (Å²) in [5, 5.41) is 0. The molecule has 2 fully saturated rings. The van der Waals surface area contributed by atoms with Crippen LogP contribution in [0.1, 0.15) is 18.4 Å². The third-order valence-corrected chi connectivity index (χ3v) is 6.29. The van der Waals surface area contributed by atoms with E-state index in [9.17, 15) is 9.59 Å². The molecule has 0 saturated carbocycles. The third kappa shape index (κ3) is 4.23. The standard InChI is InChI=1S/C24H27N3O4/c28-23-13-19(16-27(23)20-7-8-21-22(14-20)31-17-30-21)24(29)26-10-4-9-25(11-12-26)15-18-5-2-1-3-6-18/h1-3,5-8,14,19H,4,9-13,15-17H2/t19-/m0/s1. The Morgan fingerprint density at radius 1 is 0.968 bits per heavy atom. The summed E-state index contributed by atoms with van der Waals surface area (Å²) in [5.74, 6) is 1.12. The number of carbonyl (C=O) groups excluding carboxylic acids is 2. The molecular weight excluding hydrogens is 394 g/mol. The molecule has 0 spiro atoms. The summed E-state index contributed by atoms with van der Waals surface area (Å²) in [6, 6.07) is 15.9. The van der Waals surface area contributed by atoms with E-state index >= 15 is 0 Å². The van der Waals surface area contributed by atoms with E-state index in [4.69, 9.17) is 9.47 Å². The average molecular weight is 421 g/mol. The van der Waals surface area contributed by atoms with Gasteiger partial charge in [0.1, 0.15) is 0 Å². The topological polar surface area (TPSA) is 62.3 Å². The maximum Gasteiger partial charge on any atom is 0.231 e. The molecule has 1 atom stereocenters. The van der Waals surface area contributed by atoms with Crippen LogP contribution in [0.2, 0.25) is 0 Å². The molecule has 3 aliphatic heterocycles. The molecule has 3 heterocycles. The Labute approximate surface area is 182 Å². The molecular formula is C24H27N3O4. The fourth-order valence-electron chi connectivity index (χ4n) is 4.62. The van der Waals surface area contributed by atoms with Crippen LogP contribution in [-0.4, -0.2) is 61.1 Å². The van der Waals surface area contributed by atoms with Gasteiger partial charge in [0.05, 0.1) is 5.92 Å². The van der Waals surface area contributed by atoms with Crippen LogP contribution in [0, 0.1) is 5.92 Å². The van der Waals surface area contributed by atoms with Crippen molar-refractivity contribution in [1.82, 2.24) is 9.80 Å². The number of ether oxygens (including phenoxy) is 2. The lowest BCUT2D eigenvalue weighted by Crippen LogP contribution is -2.39. The van der Waals surface area contributed by atoms with Gasteiger partial charge in [0.15, 0.2) is 11.5 Å². The van der Waals surface area contributed by atoms with Crippen molar-refractivity contribution >= 4 is 17.5 Å². The maximum absolute atomic E-state index is 13.2. The molecule has 5 rings (SSSR count). The van der Waals surface area contributed by atoms with Crippen LogP contribution in [0.3, 0.4) is 0 Å². The van der Waals surface area contributed by atoms with Gasteiger partial charge in [-0.3, -0.25) is 14.5 Å². The van der Waals surface area contributed by atoms with E-state index in [2.05, 4.69) is 29.2 Å². The number of rotatable bonds is 4. The Hall–Kier alpha value is -3.06. The molecule has 0 radical (unpaired) electrons. The minimum atomic E-state index is -0.293. The first-order valence-corrected chi connectivity index (χ1v) is 10.9. The number of fused-ring (bicyclic) bond motifs is 1. The zero-order valence-corrected chi connectivity index (χ0v) is 17.5. The van der Waals surface area contributed by atoms with Crippen molar-refractivity contribution in [2.45, 2.75) is 19.4 Å². The van der Waals surface area contributed by atoms with Gasteiger partial charge < -0.3 is 19.3 Å². The molecule has 2 saturated heterocycles. The van der Waals surface area contributed by atoms with Gasteiger partial charge in [0.2, 0.25) is 18.6 Å². The van der Waals surface area contributed by atoms with Gasteiger partial charge in [-0.2, -0.15) is 0 Å². The highest BCUT2D eigenvalue weighted by Crippen LogP contribution is 2.37. The molecule has 2 aromatic rings. The lowest BCUT2D eigenvalue weighted by Gasteiger charge is -2.24. The highest BCUT2D eigenvalue weighted by molar-refractivity contribution is 6.00. The normalized spacial score (nSPS) is 21.4. The summed E-state index contributed by atoms with van der Waals surface area (Å²) < 4.78 is 10.8. The molecule has 3 aliphatic rings. The molecule has 0 aromatic heterocycles. The molecule has 0 aliphatic carbocycles. The third-order valence-electron chi connectivity index (χ3n) is 6.29. The number of carbonyl (C=O) groups is 2. The number of nitrogens with zero attached hydrogens (tertiary/aromatic N) is 3. The van der Waals surface area contributed by atoms with Gasteiger partial charge in [-0.05, 0) is 24.1 Å². The lowest BCUT2D eigenvalue weighted by molar-refractivity contribution is -0.135. The largest absolute Gasteiger partial charge is 0.454 e. The van der Waals surface area contributed by atoms with Crippen molar-refractivity contribution < 1.29 is 19.1 Å². The molecule has 7 heteroatoms. The van der Waals surface area contributed by atoms with Crippen LogP contribution in [0.4, 0.5) is 5.69 Å². The van der Waals surface area contributed by atoms with E-state index in [-0.39, 0.29) is 30.9 Å². The van der Waals surface area contributed by atoms with Crippen LogP contribution < -0.4 is 14.4 Å². The molecule has 162 valence electrons. The Morgan fingerprint density at radius 3 is 2.68 bits per heavy atom. The van der Waals surface area contributed by atoms with Crippen molar-refractivity contribution in [3.8, 4) is 11.5 Å². The van der Waals surface area contributed by atoms with Gasteiger partial charge in [-0.15, -0.1) is 0 Å². The smallest absolute Gasteiger partial charge is 0.231 e. The first-order valence-electron chi connectivity index (χ1n) is 10.9. The van der Waals surface area contributed by atoms with Gasteiger partial charge >= 0.3 is 0 Å². The van der Waals surface area contributed by atoms with Gasteiger partial charge in [-0.1, -0.05) is 30.3 Å². The summed E-state index contributed by atoms with van der Waals surface area (Å²) in [5.41, 5.74) is 2.05.